The summed E-state index contributed by atoms with van der Waals surface area (Å²) in [6, 6.07) is 19.2. The van der Waals surface area contributed by atoms with Crippen molar-refractivity contribution >= 4 is 0 Å². The van der Waals surface area contributed by atoms with E-state index in [-0.39, 0.29) is 0 Å². The summed E-state index contributed by atoms with van der Waals surface area (Å²) < 4.78 is 5.27. The van der Waals surface area contributed by atoms with Crippen LogP contribution in [0.25, 0.3) is 0 Å². The Morgan fingerprint density at radius 3 is 2.35 bits per heavy atom. The highest BCUT2D eigenvalue weighted by Crippen LogP contribution is 2.20. The molecule has 0 spiro atoms. The second-order valence-corrected chi connectivity index (χ2v) is 5.22. The molecule has 0 saturated carbocycles. The van der Waals surface area contributed by atoms with Crippen molar-refractivity contribution in [3.63, 3.8) is 0 Å². The predicted octanol–water partition coefficient (Wildman–Crippen LogP) is 4.15. The SMILES string of the molecule is COc1cccc(C(C)NCC(C)c2ccccc2)c1. The Bertz CT molecular complexity index is 524. The van der Waals surface area contributed by atoms with Gasteiger partial charge < -0.3 is 10.1 Å². The maximum Gasteiger partial charge on any atom is 0.119 e. The molecule has 2 heteroatoms. The number of benzene rings is 2. The number of rotatable bonds is 6. The second kappa shape index (κ2) is 7.11. The van der Waals surface area contributed by atoms with Gasteiger partial charge in [-0.05, 0) is 36.1 Å². The Balaban J connectivity index is 1.93. The maximum atomic E-state index is 5.27. The molecule has 2 aromatic carbocycles. The minimum absolute atomic E-state index is 0.316. The first kappa shape index (κ1) is 14.6. The van der Waals surface area contributed by atoms with Crippen molar-refractivity contribution in [2.45, 2.75) is 25.8 Å². The van der Waals surface area contributed by atoms with E-state index >= 15 is 0 Å². The minimum atomic E-state index is 0.316. The molecule has 0 aliphatic rings. The third kappa shape index (κ3) is 3.84. The molecular formula is C18H23NO. The summed E-state index contributed by atoms with van der Waals surface area (Å²) in [5, 5.41) is 3.59. The molecule has 20 heavy (non-hydrogen) atoms. The zero-order chi connectivity index (χ0) is 14.4. The molecule has 2 atom stereocenters. The summed E-state index contributed by atoms with van der Waals surface area (Å²) in [5.41, 5.74) is 2.63. The molecule has 2 nitrogen and oxygen atoms in total. The quantitative estimate of drug-likeness (QED) is 0.850. The molecule has 106 valence electrons. The van der Waals surface area contributed by atoms with Crippen molar-refractivity contribution < 1.29 is 4.74 Å². The van der Waals surface area contributed by atoms with Crippen LogP contribution in [0.3, 0.4) is 0 Å². The van der Waals surface area contributed by atoms with Gasteiger partial charge in [0.25, 0.3) is 0 Å². The number of hydrogen-bond donors (Lipinski definition) is 1. The van der Waals surface area contributed by atoms with Gasteiger partial charge in [0.2, 0.25) is 0 Å². The van der Waals surface area contributed by atoms with Crippen LogP contribution in [0.4, 0.5) is 0 Å². The van der Waals surface area contributed by atoms with Crippen LogP contribution in [0.2, 0.25) is 0 Å². The second-order valence-electron chi connectivity index (χ2n) is 5.22. The monoisotopic (exact) mass is 269 g/mol. The summed E-state index contributed by atoms with van der Waals surface area (Å²) in [4.78, 5) is 0. The van der Waals surface area contributed by atoms with E-state index in [1.807, 2.05) is 12.1 Å². The van der Waals surface area contributed by atoms with Crippen LogP contribution in [0.1, 0.15) is 36.9 Å². The van der Waals surface area contributed by atoms with Crippen LogP contribution in [0.5, 0.6) is 5.75 Å². The normalized spacial score (nSPS) is 13.8. The van der Waals surface area contributed by atoms with Crippen LogP contribution in [-0.2, 0) is 0 Å². The van der Waals surface area contributed by atoms with Crippen molar-refractivity contribution in [3.8, 4) is 5.75 Å². The molecule has 2 aromatic rings. The van der Waals surface area contributed by atoms with Gasteiger partial charge in [-0.1, -0.05) is 49.4 Å². The van der Waals surface area contributed by atoms with E-state index in [0.29, 0.717) is 12.0 Å². The Hall–Kier alpha value is -1.80. The van der Waals surface area contributed by atoms with Crippen LogP contribution in [-0.4, -0.2) is 13.7 Å². The molecule has 2 rings (SSSR count). The average molecular weight is 269 g/mol. The van der Waals surface area contributed by atoms with Crippen LogP contribution < -0.4 is 10.1 Å². The van der Waals surface area contributed by atoms with Crippen molar-refractivity contribution in [2.24, 2.45) is 0 Å². The molecule has 0 heterocycles. The van der Waals surface area contributed by atoms with Crippen LogP contribution in [0, 0.1) is 0 Å². The third-order valence-corrected chi connectivity index (χ3v) is 3.69. The highest BCUT2D eigenvalue weighted by atomic mass is 16.5. The van der Waals surface area contributed by atoms with Crippen LogP contribution in [0.15, 0.2) is 54.6 Å². The first-order chi connectivity index (χ1) is 9.70. The largest absolute Gasteiger partial charge is 0.497 e. The van der Waals surface area contributed by atoms with Gasteiger partial charge in [0.1, 0.15) is 5.75 Å². The Kier molecular flexibility index (Phi) is 5.19. The third-order valence-electron chi connectivity index (χ3n) is 3.69. The minimum Gasteiger partial charge on any atom is -0.497 e. The maximum absolute atomic E-state index is 5.27. The smallest absolute Gasteiger partial charge is 0.119 e. The standard InChI is InChI=1S/C18H23NO/c1-14(16-8-5-4-6-9-16)13-19-15(2)17-10-7-11-18(12-17)20-3/h4-12,14-15,19H,13H2,1-3H3. The number of methoxy groups -OCH3 is 1. The van der Waals surface area contributed by atoms with Gasteiger partial charge in [0.15, 0.2) is 0 Å². The zero-order valence-corrected chi connectivity index (χ0v) is 12.5. The average Bonchev–Trinajstić information content (AvgIpc) is 2.53. The summed E-state index contributed by atoms with van der Waals surface area (Å²) in [7, 11) is 1.70. The first-order valence-electron chi connectivity index (χ1n) is 7.13. The van der Waals surface area contributed by atoms with E-state index < -0.39 is 0 Å². The molecule has 0 radical (unpaired) electrons. The lowest BCUT2D eigenvalue weighted by molar-refractivity contribution is 0.413. The lowest BCUT2D eigenvalue weighted by atomic mass is 10.0. The molecule has 0 aromatic heterocycles. The molecule has 0 fully saturated rings. The first-order valence-corrected chi connectivity index (χ1v) is 7.13. The molecule has 1 N–H and O–H groups in total. The molecule has 0 bridgehead atoms. The lowest BCUT2D eigenvalue weighted by Crippen LogP contribution is -2.23. The van der Waals surface area contributed by atoms with E-state index in [2.05, 4.69) is 61.6 Å². The molecule has 0 aliphatic carbocycles. The Labute approximate surface area is 121 Å². The zero-order valence-electron chi connectivity index (χ0n) is 12.5. The summed E-state index contributed by atoms with van der Waals surface area (Å²) in [5.74, 6) is 1.41. The lowest BCUT2D eigenvalue weighted by Gasteiger charge is -2.19. The molecular weight excluding hydrogens is 246 g/mol. The van der Waals surface area contributed by atoms with E-state index in [4.69, 9.17) is 4.74 Å². The van der Waals surface area contributed by atoms with Gasteiger partial charge >= 0.3 is 0 Å². The Morgan fingerprint density at radius 2 is 1.65 bits per heavy atom. The fraction of sp³-hybridized carbons (Fsp3) is 0.333. The van der Waals surface area contributed by atoms with E-state index in [1.54, 1.807) is 7.11 Å². The topological polar surface area (TPSA) is 21.3 Å². The van der Waals surface area contributed by atoms with Gasteiger partial charge in [0, 0.05) is 12.6 Å². The van der Waals surface area contributed by atoms with Gasteiger partial charge in [-0.2, -0.15) is 0 Å². The van der Waals surface area contributed by atoms with Crippen LogP contribution >= 0.6 is 0 Å². The molecule has 0 saturated heterocycles. The van der Waals surface area contributed by atoms with Crippen molar-refractivity contribution in [1.29, 1.82) is 0 Å². The van der Waals surface area contributed by atoms with Crippen molar-refractivity contribution in [1.82, 2.24) is 5.32 Å². The predicted molar refractivity (Wildman–Crippen MR) is 84.3 cm³/mol. The molecule has 0 amide bonds. The van der Waals surface area contributed by atoms with E-state index in [1.165, 1.54) is 11.1 Å². The van der Waals surface area contributed by atoms with Crippen molar-refractivity contribution in [3.05, 3.63) is 65.7 Å². The summed E-state index contributed by atoms with van der Waals surface area (Å²) in [6.07, 6.45) is 0. The van der Waals surface area contributed by atoms with Gasteiger partial charge in [-0.25, -0.2) is 0 Å². The molecule has 0 aliphatic heterocycles. The highest BCUT2D eigenvalue weighted by Gasteiger charge is 2.09. The van der Waals surface area contributed by atoms with E-state index in [9.17, 15) is 0 Å². The van der Waals surface area contributed by atoms with Crippen molar-refractivity contribution in [2.75, 3.05) is 13.7 Å². The van der Waals surface area contributed by atoms with E-state index in [0.717, 1.165) is 12.3 Å². The molecule has 2 unspecified atom stereocenters. The van der Waals surface area contributed by atoms with Gasteiger partial charge in [-0.15, -0.1) is 0 Å². The highest BCUT2D eigenvalue weighted by molar-refractivity contribution is 5.30. The van der Waals surface area contributed by atoms with Gasteiger partial charge in [-0.3, -0.25) is 0 Å². The summed E-state index contributed by atoms with van der Waals surface area (Å²) in [6.45, 7) is 5.40. The fourth-order valence-electron chi connectivity index (χ4n) is 2.28. The Morgan fingerprint density at radius 1 is 0.950 bits per heavy atom. The number of nitrogens with one attached hydrogen (secondary N) is 1. The summed E-state index contributed by atoms with van der Waals surface area (Å²) >= 11 is 0. The number of hydrogen-bond acceptors (Lipinski definition) is 2. The number of ether oxygens (including phenoxy) is 1. The fourth-order valence-corrected chi connectivity index (χ4v) is 2.28. The van der Waals surface area contributed by atoms with Gasteiger partial charge in [0.05, 0.1) is 7.11 Å².